The summed E-state index contributed by atoms with van der Waals surface area (Å²) >= 11 is 6.41. The third kappa shape index (κ3) is 3.47. The molecule has 0 amide bonds. The van der Waals surface area contributed by atoms with E-state index in [-0.39, 0.29) is 5.41 Å². The maximum atomic E-state index is 9.18. The average Bonchev–Trinajstić information content (AvgIpc) is 3.45. The second-order valence-electron chi connectivity index (χ2n) is 10.6. The van der Waals surface area contributed by atoms with Crippen molar-refractivity contribution in [2.45, 2.75) is 32.5 Å². The number of aromatic nitrogens is 4. The van der Waals surface area contributed by atoms with Crippen LogP contribution in [0.25, 0.3) is 5.69 Å². The Kier molecular flexibility index (Phi) is 5.00. The number of fused-ring (bicyclic) bond motifs is 3. The van der Waals surface area contributed by atoms with Gasteiger partial charge in [0, 0.05) is 55.8 Å². The molecule has 6 heterocycles. The van der Waals surface area contributed by atoms with E-state index < -0.39 is 0 Å². The van der Waals surface area contributed by atoms with Crippen LogP contribution in [0.15, 0.2) is 30.3 Å². The Balaban J connectivity index is 1.12. The van der Waals surface area contributed by atoms with Gasteiger partial charge in [0.25, 0.3) is 0 Å². The molecule has 0 N–H and O–H groups in total. The minimum absolute atomic E-state index is 0.247. The maximum absolute atomic E-state index is 9.18. The molecule has 2 aromatic heterocycles. The van der Waals surface area contributed by atoms with Crippen molar-refractivity contribution in [1.82, 2.24) is 24.6 Å². The number of nitrogens with zero attached hydrogens (tertiary/aromatic N) is 8. The van der Waals surface area contributed by atoms with Crippen molar-refractivity contribution in [2.75, 3.05) is 49.2 Å². The van der Waals surface area contributed by atoms with Crippen LogP contribution in [-0.2, 0) is 17.8 Å². The molecule has 10 heteroatoms. The summed E-state index contributed by atoms with van der Waals surface area (Å²) in [5, 5.41) is 19.2. The quantitative estimate of drug-likeness (QED) is 0.540. The van der Waals surface area contributed by atoms with Gasteiger partial charge in [0.2, 0.25) is 5.95 Å². The fourth-order valence-corrected chi connectivity index (χ4v) is 6.35. The van der Waals surface area contributed by atoms with Crippen molar-refractivity contribution >= 4 is 23.4 Å². The van der Waals surface area contributed by atoms with Crippen LogP contribution in [0.4, 0.5) is 11.8 Å². The van der Waals surface area contributed by atoms with E-state index in [0.717, 1.165) is 92.9 Å². The highest BCUT2D eigenvalue weighted by Crippen LogP contribution is 2.44. The van der Waals surface area contributed by atoms with Gasteiger partial charge in [-0.1, -0.05) is 11.6 Å². The number of benzene rings is 1. The molecule has 4 aliphatic heterocycles. The summed E-state index contributed by atoms with van der Waals surface area (Å²) in [6.45, 7) is 8.84. The normalized spacial score (nSPS) is 22.4. The number of hydrogen-bond donors (Lipinski definition) is 0. The highest BCUT2D eigenvalue weighted by Gasteiger charge is 2.53. The lowest BCUT2D eigenvalue weighted by molar-refractivity contribution is 0.133. The molecule has 3 saturated heterocycles. The van der Waals surface area contributed by atoms with E-state index in [2.05, 4.69) is 52.7 Å². The fourth-order valence-electron chi connectivity index (χ4n) is 6.16. The molecule has 0 aliphatic carbocycles. The van der Waals surface area contributed by atoms with Gasteiger partial charge in [-0.05, 0) is 49.2 Å². The Labute approximate surface area is 214 Å². The number of rotatable bonds is 3. The maximum Gasteiger partial charge on any atom is 0.231 e. The summed E-state index contributed by atoms with van der Waals surface area (Å²) in [5.41, 5.74) is 3.98. The van der Waals surface area contributed by atoms with Crippen molar-refractivity contribution in [3.05, 3.63) is 58.0 Å². The standard InChI is InChI=1S/C26H27ClN8O/c1-17-18(9-28)2-5-23(29-17)33-13-26(14-33)15-34(16-26)25-31-30-24-11-32(21-6-7-36-12-21)10-19-8-20(27)3-4-22(19)35(24)25/h2-5,8,21H,6-7,10-16H2,1H3/t21-/m1/s1. The van der Waals surface area contributed by atoms with E-state index in [1.54, 1.807) is 0 Å². The summed E-state index contributed by atoms with van der Waals surface area (Å²) in [6, 6.07) is 12.5. The van der Waals surface area contributed by atoms with Gasteiger partial charge in [-0.25, -0.2) is 4.98 Å². The molecule has 1 aromatic carbocycles. The molecule has 1 atom stereocenters. The summed E-state index contributed by atoms with van der Waals surface area (Å²) in [6.07, 6.45) is 1.04. The minimum atomic E-state index is 0.247. The molecule has 0 saturated carbocycles. The zero-order valence-electron chi connectivity index (χ0n) is 20.2. The molecular weight excluding hydrogens is 476 g/mol. The summed E-state index contributed by atoms with van der Waals surface area (Å²) in [4.78, 5) is 11.7. The number of ether oxygens (including phenoxy) is 1. The molecule has 0 unspecified atom stereocenters. The van der Waals surface area contributed by atoms with Gasteiger partial charge in [0.1, 0.15) is 11.9 Å². The van der Waals surface area contributed by atoms with Crippen LogP contribution in [0.3, 0.4) is 0 Å². The summed E-state index contributed by atoms with van der Waals surface area (Å²) < 4.78 is 7.91. The van der Waals surface area contributed by atoms with Gasteiger partial charge in [-0.2, -0.15) is 5.26 Å². The molecule has 0 radical (unpaired) electrons. The Hall–Kier alpha value is -3.19. The molecule has 36 heavy (non-hydrogen) atoms. The SMILES string of the molecule is Cc1nc(N2CC3(C2)CN(c2nnc4n2-c2ccc(Cl)cc2CN([C@@H]2CCOC2)C4)C3)ccc1C#N. The van der Waals surface area contributed by atoms with Crippen molar-refractivity contribution in [3.8, 4) is 11.8 Å². The second-order valence-corrected chi connectivity index (χ2v) is 11.0. The largest absolute Gasteiger partial charge is 0.380 e. The van der Waals surface area contributed by atoms with Crippen LogP contribution in [0.2, 0.25) is 5.02 Å². The van der Waals surface area contributed by atoms with Crippen molar-refractivity contribution in [3.63, 3.8) is 0 Å². The minimum Gasteiger partial charge on any atom is -0.380 e. The van der Waals surface area contributed by atoms with Gasteiger partial charge in [0.05, 0.1) is 30.1 Å². The number of aryl methyl sites for hydroxylation is 1. The average molecular weight is 503 g/mol. The molecule has 9 nitrogen and oxygen atoms in total. The van der Waals surface area contributed by atoms with Crippen molar-refractivity contribution < 1.29 is 4.74 Å². The van der Waals surface area contributed by atoms with Crippen LogP contribution in [0.1, 0.15) is 29.1 Å². The number of halogens is 1. The van der Waals surface area contributed by atoms with Gasteiger partial charge in [0.15, 0.2) is 5.82 Å². The first-order valence-corrected chi connectivity index (χ1v) is 12.8. The molecule has 0 bridgehead atoms. The summed E-state index contributed by atoms with van der Waals surface area (Å²) in [7, 11) is 0. The Morgan fingerprint density at radius 2 is 1.92 bits per heavy atom. The lowest BCUT2D eigenvalue weighted by Gasteiger charge is -2.60. The van der Waals surface area contributed by atoms with Crippen LogP contribution in [0, 0.1) is 23.7 Å². The van der Waals surface area contributed by atoms with Crippen LogP contribution >= 0.6 is 11.6 Å². The topological polar surface area (TPSA) is 86.3 Å². The smallest absolute Gasteiger partial charge is 0.231 e. The Morgan fingerprint density at radius 1 is 1.08 bits per heavy atom. The van der Waals surface area contributed by atoms with E-state index >= 15 is 0 Å². The molecule has 7 rings (SSSR count). The van der Waals surface area contributed by atoms with Gasteiger partial charge < -0.3 is 14.5 Å². The van der Waals surface area contributed by atoms with E-state index in [0.29, 0.717) is 11.6 Å². The van der Waals surface area contributed by atoms with Crippen LogP contribution < -0.4 is 9.80 Å². The monoisotopic (exact) mass is 502 g/mol. The molecule has 4 aliphatic rings. The Morgan fingerprint density at radius 3 is 2.67 bits per heavy atom. The fraction of sp³-hybridized carbons (Fsp3) is 0.462. The van der Waals surface area contributed by atoms with Crippen LogP contribution in [-0.4, -0.2) is 70.1 Å². The zero-order valence-corrected chi connectivity index (χ0v) is 20.9. The number of anilines is 2. The van der Waals surface area contributed by atoms with Gasteiger partial charge >= 0.3 is 0 Å². The zero-order chi connectivity index (χ0) is 24.4. The first-order valence-electron chi connectivity index (χ1n) is 12.4. The molecular formula is C26H27ClN8O. The first kappa shape index (κ1) is 22.0. The molecule has 3 aromatic rings. The predicted octanol–water partition coefficient (Wildman–Crippen LogP) is 2.93. The van der Waals surface area contributed by atoms with E-state index in [1.807, 2.05) is 25.1 Å². The third-order valence-electron chi connectivity index (χ3n) is 8.04. The first-order chi connectivity index (χ1) is 17.5. The molecule has 3 fully saturated rings. The van der Waals surface area contributed by atoms with Gasteiger partial charge in [-0.3, -0.25) is 9.47 Å². The number of nitriles is 1. The molecule has 184 valence electrons. The van der Waals surface area contributed by atoms with Crippen LogP contribution in [0.5, 0.6) is 0 Å². The van der Waals surface area contributed by atoms with E-state index in [4.69, 9.17) is 16.3 Å². The number of hydrogen-bond acceptors (Lipinski definition) is 8. The highest BCUT2D eigenvalue weighted by atomic mass is 35.5. The lowest BCUT2D eigenvalue weighted by atomic mass is 9.73. The second kappa shape index (κ2) is 8.17. The lowest BCUT2D eigenvalue weighted by Crippen LogP contribution is -2.73. The van der Waals surface area contributed by atoms with Gasteiger partial charge in [-0.15, -0.1) is 10.2 Å². The van der Waals surface area contributed by atoms with Crippen molar-refractivity contribution in [2.24, 2.45) is 5.41 Å². The van der Waals surface area contributed by atoms with E-state index in [9.17, 15) is 5.26 Å². The predicted molar refractivity (Wildman–Crippen MR) is 135 cm³/mol. The number of pyridine rings is 1. The third-order valence-corrected chi connectivity index (χ3v) is 8.27. The molecule has 1 spiro atoms. The highest BCUT2D eigenvalue weighted by molar-refractivity contribution is 6.30. The van der Waals surface area contributed by atoms with Crippen molar-refractivity contribution in [1.29, 1.82) is 5.26 Å². The Bertz CT molecular complexity index is 1380. The summed E-state index contributed by atoms with van der Waals surface area (Å²) in [5.74, 6) is 2.83. The van der Waals surface area contributed by atoms with E-state index in [1.165, 1.54) is 5.56 Å².